The van der Waals surface area contributed by atoms with Crippen molar-refractivity contribution in [2.45, 2.75) is 38.5 Å². The first-order valence-electron chi connectivity index (χ1n) is 5.72. The molecule has 3 nitrogen and oxygen atoms in total. The number of halogens is 1. The van der Waals surface area contributed by atoms with Crippen LogP contribution in [-0.4, -0.2) is 14.3 Å². The van der Waals surface area contributed by atoms with E-state index in [-0.39, 0.29) is 5.69 Å². The fraction of sp³-hybridized carbons (Fsp3) is 0.462. The average Bonchev–Trinajstić information content (AvgIpc) is 2.28. The topological polar surface area (TPSA) is 48.0 Å². The number of pyridine rings is 1. The molecule has 0 radical (unpaired) electrons. The van der Waals surface area contributed by atoms with Crippen molar-refractivity contribution < 1.29 is 8.94 Å². The van der Waals surface area contributed by atoms with E-state index in [1.54, 1.807) is 19.1 Å². The van der Waals surface area contributed by atoms with Gasteiger partial charge in [-0.3, -0.25) is 0 Å². The Morgan fingerprint density at radius 2 is 2.11 bits per heavy atom. The number of hydrogen-bond donors (Lipinski definition) is 1. The minimum Gasteiger partial charge on any atom is -0.598 e. The van der Waals surface area contributed by atoms with Crippen molar-refractivity contribution in [1.29, 1.82) is 0 Å². The summed E-state index contributed by atoms with van der Waals surface area (Å²) in [5, 5.41) is 0. The fourth-order valence-corrected chi connectivity index (χ4v) is 2.07. The zero-order chi connectivity index (χ0) is 13.9. The summed E-state index contributed by atoms with van der Waals surface area (Å²) < 4.78 is 28.1. The first-order chi connectivity index (χ1) is 8.25. The van der Waals surface area contributed by atoms with Crippen LogP contribution in [0, 0.1) is 5.82 Å². The van der Waals surface area contributed by atoms with E-state index in [0.29, 0.717) is 5.69 Å². The van der Waals surface area contributed by atoms with Gasteiger partial charge in [-0.25, -0.2) is 9.37 Å². The second-order valence-corrected chi connectivity index (χ2v) is 7.03. The summed E-state index contributed by atoms with van der Waals surface area (Å²) in [5.74, 6) is -0.411. The molecule has 0 spiro atoms. The highest BCUT2D eigenvalue weighted by Gasteiger charge is 2.29. The predicted octanol–water partition coefficient (Wildman–Crippen LogP) is 2.98. The standard InChI is InChI=1S/C13H19FN2OS/c1-6-10-7-8-11(14)12(15-10)9(2)16-18(17)13(3,4)5/h6-9,16H,1H2,2-5H3. The monoisotopic (exact) mass is 270 g/mol. The van der Waals surface area contributed by atoms with E-state index in [2.05, 4.69) is 16.3 Å². The molecule has 2 atom stereocenters. The Hall–Kier alpha value is -0.910. The highest BCUT2D eigenvalue weighted by atomic mass is 32.2. The van der Waals surface area contributed by atoms with E-state index in [4.69, 9.17) is 0 Å². The molecule has 0 amide bonds. The van der Waals surface area contributed by atoms with Gasteiger partial charge in [-0.15, -0.1) is 4.72 Å². The summed E-state index contributed by atoms with van der Waals surface area (Å²) in [6.45, 7) is 10.9. The van der Waals surface area contributed by atoms with E-state index in [9.17, 15) is 8.94 Å². The SMILES string of the molecule is C=Cc1ccc(F)c(C(C)N[S+]([O-])C(C)(C)C)n1. The van der Waals surface area contributed by atoms with Gasteiger partial charge in [-0.05, 0) is 45.9 Å². The van der Waals surface area contributed by atoms with E-state index in [1.165, 1.54) is 6.07 Å². The van der Waals surface area contributed by atoms with Crippen LogP contribution in [0.3, 0.4) is 0 Å². The number of nitrogens with zero attached hydrogens (tertiary/aromatic N) is 1. The molecule has 100 valence electrons. The molecule has 0 saturated heterocycles. The van der Waals surface area contributed by atoms with Crippen molar-refractivity contribution in [2.75, 3.05) is 0 Å². The van der Waals surface area contributed by atoms with Gasteiger partial charge in [0.25, 0.3) is 0 Å². The Balaban J connectivity index is 2.90. The first-order valence-corrected chi connectivity index (χ1v) is 6.87. The van der Waals surface area contributed by atoms with Crippen LogP contribution in [0.5, 0.6) is 0 Å². The Bertz CT molecular complexity index is 431. The molecule has 0 aliphatic carbocycles. The molecular weight excluding hydrogens is 251 g/mol. The van der Waals surface area contributed by atoms with Crippen LogP contribution in [0.15, 0.2) is 18.7 Å². The average molecular weight is 270 g/mol. The summed E-state index contributed by atoms with van der Waals surface area (Å²) in [6, 6.07) is 2.47. The van der Waals surface area contributed by atoms with Crippen molar-refractivity contribution in [2.24, 2.45) is 0 Å². The predicted molar refractivity (Wildman–Crippen MR) is 73.7 cm³/mol. The fourth-order valence-electron chi connectivity index (χ4n) is 1.28. The van der Waals surface area contributed by atoms with E-state index in [0.717, 1.165) is 0 Å². The number of aromatic nitrogens is 1. The zero-order valence-electron chi connectivity index (χ0n) is 11.2. The molecule has 0 aliphatic heterocycles. The molecule has 0 bridgehead atoms. The van der Waals surface area contributed by atoms with Gasteiger partial charge in [0.05, 0.1) is 17.4 Å². The Morgan fingerprint density at radius 1 is 1.50 bits per heavy atom. The normalized spacial score (nSPS) is 15.2. The van der Waals surface area contributed by atoms with Crippen LogP contribution in [0.2, 0.25) is 0 Å². The Kier molecular flexibility index (Phi) is 4.90. The summed E-state index contributed by atoms with van der Waals surface area (Å²) >= 11 is -1.27. The van der Waals surface area contributed by atoms with Crippen molar-refractivity contribution >= 4 is 17.4 Å². The second kappa shape index (κ2) is 5.82. The molecule has 0 aromatic carbocycles. The number of nitrogens with one attached hydrogen (secondary N) is 1. The van der Waals surface area contributed by atoms with Gasteiger partial charge in [-0.1, -0.05) is 6.58 Å². The molecule has 1 aromatic heterocycles. The summed E-state index contributed by atoms with van der Waals surface area (Å²) in [4.78, 5) is 4.14. The highest BCUT2D eigenvalue weighted by molar-refractivity contribution is 7.90. The van der Waals surface area contributed by atoms with Crippen LogP contribution < -0.4 is 4.72 Å². The van der Waals surface area contributed by atoms with Crippen LogP contribution >= 0.6 is 0 Å². The molecule has 0 fully saturated rings. The second-order valence-electron chi connectivity index (χ2n) is 5.03. The van der Waals surface area contributed by atoms with Gasteiger partial charge < -0.3 is 4.55 Å². The largest absolute Gasteiger partial charge is 0.598 e. The van der Waals surface area contributed by atoms with Crippen LogP contribution in [0.1, 0.15) is 45.1 Å². The molecule has 0 saturated carbocycles. The lowest BCUT2D eigenvalue weighted by Crippen LogP contribution is -2.41. The van der Waals surface area contributed by atoms with E-state index in [1.807, 2.05) is 20.8 Å². The van der Waals surface area contributed by atoms with Gasteiger partial charge in [0, 0.05) is 11.4 Å². The summed E-state index contributed by atoms with van der Waals surface area (Å²) in [6.07, 6.45) is 1.55. The molecule has 18 heavy (non-hydrogen) atoms. The van der Waals surface area contributed by atoms with Crippen molar-refractivity contribution in [3.63, 3.8) is 0 Å². The Labute approximate surface area is 111 Å². The van der Waals surface area contributed by atoms with Gasteiger partial charge in [0.2, 0.25) is 0 Å². The molecule has 5 heteroatoms. The lowest BCUT2D eigenvalue weighted by molar-refractivity contribution is 0.516. The van der Waals surface area contributed by atoms with Gasteiger partial charge in [0.1, 0.15) is 10.6 Å². The maximum Gasteiger partial charge on any atom is 0.146 e. The van der Waals surface area contributed by atoms with Crippen molar-refractivity contribution in [3.05, 3.63) is 35.9 Å². The van der Waals surface area contributed by atoms with Gasteiger partial charge in [-0.2, -0.15) is 0 Å². The molecular formula is C13H19FN2OS. The smallest absolute Gasteiger partial charge is 0.146 e. The lowest BCUT2D eigenvalue weighted by Gasteiger charge is -2.26. The summed E-state index contributed by atoms with van der Waals surface area (Å²) in [5.41, 5.74) is 0.853. The lowest BCUT2D eigenvalue weighted by atomic mass is 10.2. The number of rotatable bonds is 4. The molecule has 1 aromatic rings. The maximum atomic E-state index is 13.7. The highest BCUT2D eigenvalue weighted by Crippen LogP contribution is 2.20. The van der Waals surface area contributed by atoms with Crippen LogP contribution in [-0.2, 0) is 11.4 Å². The van der Waals surface area contributed by atoms with Gasteiger partial charge >= 0.3 is 0 Å². The third-order valence-electron chi connectivity index (χ3n) is 2.35. The summed E-state index contributed by atoms with van der Waals surface area (Å²) in [7, 11) is 0. The van der Waals surface area contributed by atoms with E-state index < -0.39 is 28.0 Å². The van der Waals surface area contributed by atoms with Crippen LogP contribution in [0.4, 0.5) is 4.39 Å². The molecule has 1 N–H and O–H groups in total. The third-order valence-corrected chi connectivity index (χ3v) is 4.03. The quantitative estimate of drug-likeness (QED) is 0.856. The third kappa shape index (κ3) is 3.80. The van der Waals surface area contributed by atoms with Crippen molar-refractivity contribution in [3.8, 4) is 0 Å². The minimum absolute atomic E-state index is 0.255. The molecule has 1 heterocycles. The maximum absolute atomic E-state index is 13.7. The van der Waals surface area contributed by atoms with Crippen LogP contribution in [0.25, 0.3) is 6.08 Å². The molecule has 1 rings (SSSR count). The first kappa shape index (κ1) is 15.1. The van der Waals surface area contributed by atoms with Crippen molar-refractivity contribution in [1.82, 2.24) is 9.71 Å². The van der Waals surface area contributed by atoms with Gasteiger partial charge in [0.15, 0.2) is 0 Å². The number of hydrogen-bond acceptors (Lipinski definition) is 3. The minimum atomic E-state index is -1.27. The molecule has 0 aliphatic rings. The Morgan fingerprint density at radius 3 is 2.61 bits per heavy atom. The molecule has 2 unspecified atom stereocenters. The van der Waals surface area contributed by atoms with E-state index >= 15 is 0 Å². The zero-order valence-corrected chi connectivity index (χ0v) is 12.0.